The van der Waals surface area contributed by atoms with E-state index < -0.39 is 5.41 Å². The highest BCUT2D eigenvalue weighted by Crippen LogP contribution is 2.59. The summed E-state index contributed by atoms with van der Waals surface area (Å²) < 4.78 is 5.63. The second kappa shape index (κ2) is 4.56. The first-order valence-electron chi connectivity index (χ1n) is 8.22. The first-order valence-corrected chi connectivity index (χ1v) is 8.22. The van der Waals surface area contributed by atoms with Crippen molar-refractivity contribution in [1.82, 2.24) is 0 Å². The molecule has 2 saturated carbocycles. The quantitative estimate of drug-likeness (QED) is 0.546. The molecule has 2 fully saturated rings. The monoisotopic (exact) mass is 302 g/mol. The van der Waals surface area contributed by atoms with Gasteiger partial charge in [0.2, 0.25) is 0 Å². The molecule has 0 aromatic rings. The molecule has 3 rings (SSSR count). The van der Waals surface area contributed by atoms with Gasteiger partial charge in [0.15, 0.2) is 0 Å². The number of carbonyl (C=O) groups is 2. The Morgan fingerprint density at radius 2 is 1.95 bits per heavy atom. The largest absolute Gasteiger partial charge is 0.454 e. The molecule has 0 amide bonds. The number of hydrogen-bond acceptors (Lipinski definition) is 3. The van der Waals surface area contributed by atoms with Gasteiger partial charge in [-0.05, 0) is 37.7 Å². The number of Topliss-reactive ketones (excluding diaryl/α,β-unsaturated/α-hetero) is 1. The van der Waals surface area contributed by atoms with E-state index in [2.05, 4.69) is 27.4 Å². The maximum absolute atomic E-state index is 12.7. The van der Waals surface area contributed by atoms with Gasteiger partial charge >= 0.3 is 5.97 Å². The molecule has 0 aromatic carbocycles. The summed E-state index contributed by atoms with van der Waals surface area (Å²) in [5.41, 5.74) is 0.276. The first kappa shape index (κ1) is 15.5. The molecule has 4 atom stereocenters. The summed E-state index contributed by atoms with van der Waals surface area (Å²) in [5, 5.41) is 0. The van der Waals surface area contributed by atoms with E-state index in [0.717, 1.165) is 24.8 Å². The van der Waals surface area contributed by atoms with Crippen LogP contribution in [0.4, 0.5) is 0 Å². The van der Waals surface area contributed by atoms with E-state index in [1.807, 2.05) is 13.0 Å². The minimum Gasteiger partial charge on any atom is -0.454 e. The third-order valence-corrected chi connectivity index (χ3v) is 6.48. The van der Waals surface area contributed by atoms with Gasteiger partial charge in [0.25, 0.3) is 0 Å². The van der Waals surface area contributed by atoms with Crippen LogP contribution in [0.2, 0.25) is 0 Å². The van der Waals surface area contributed by atoms with Crippen LogP contribution in [0.3, 0.4) is 0 Å². The predicted octanol–water partition coefficient (Wildman–Crippen LogP) is 3.84. The van der Waals surface area contributed by atoms with Gasteiger partial charge in [0.1, 0.15) is 11.9 Å². The third-order valence-electron chi connectivity index (χ3n) is 6.48. The molecular weight excluding hydrogens is 276 g/mol. The number of ketones is 1. The molecule has 2 aliphatic carbocycles. The molecule has 4 unspecified atom stereocenters. The molecule has 0 saturated heterocycles. The number of esters is 1. The maximum Gasteiger partial charge on any atom is 0.331 e. The number of carbonyl (C=O) groups excluding carboxylic acids is 2. The summed E-state index contributed by atoms with van der Waals surface area (Å²) in [6.45, 7) is 12.4. The van der Waals surface area contributed by atoms with Crippen molar-refractivity contribution >= 4 is 11.8 Å². The van der Waals surface area contributed by atoms with E-state index in [-0.39, 0.29) is 28.7 Å². The van der Waals surface area contributed by atoms with Gasteiger partial charge in [0.05, 0.1) is 0 Å². The van der Waals surface area contributed by atoms with Gasteiger partial charge in [-0.15, -0.1) is 6.58 Å². The van der Waals surface area contributed by atoms with Crippen molar-refractivity contribution in [2.75, 3.05) is 0 Å². The second-order valence-corrected chi connectivity index (χ2v) is 8.48. The lowest BCUT2D eigenvalue weighted by Crippen LogP contribution is -2.46. The minimum atomic E-state index is -0.432. The van der Waals surface area contributed by atoms with E-state index in [9.17, 15) is 9.59 Å². The van der Waals surface area contributed by atoms with Crippen LogP contribution in [0.5, 0.6) is 0 Å². The number of ether oxygens (including phenoxy) is 1. The van der Waals surface area contributed by atoms with Crippen molar-refractivity contribution in [1.29, 1.82) is 0 Å². The summed E-state index contributed by atoms with van der Waals surface area (Å²) in [5.74, 6) is 0.373. The summed E-state index contributed by atoms with van der Waals surface area (Å²) in [7, 11) is 0. The van der Waals surface area contributed by atoms with Crippen molar-refractivity contribution in [3.05, 3.63) is 24.3 Å². The number of fused-ring (bicyclic) bond motifs is 3. The van der Waals surface area contributed by atoms with Crippen molar-refractivity contribution < 1.29 is 14.3 Å². The highest BCUT2D eigenvalue weighted by molar-refractivity contribution is 5.90. The normalized spacial score (nSPS) is 43.5. The fourth-order valence-corrected chi connectivity index (χ4v) is 4.62. The standard InChI is InChI=1S/C19H26O3/c1-6-18(4)10-12-7-8-17(2,3)16-13(9-15(21)22-16)19(12,5)11-14(18)20/h6,9,12,16H,1,7-8,10-11H2,2-5H3. The Morgan fingerprint density at radius 1 is 1.27 bits per heavy atom. The smallest absolute Gasteiger partial charge is 0.331 e. The molecule has 1 aliphatic heterocycles. The maximum atomic E-state index is 12.7. The molecule has 22 heavy (non-hydrogen) atoms. The Bertz CT molecular complexity index is 585. The molecule has 0 bridgehead atoms. The number of hydrogen-bond donors (Lipinski definition) is 0. The van der Waals surface area contributed by atoms with Gasteiger partial charge in [-0.25, -0.2) is 4.79 Å². The Kier molecular flexibility index (Phi) is 3.22. The van der Waals surface area contributed by atoms with Crippen LogP contribution in [0.25, 0.3) is 0 Å². The first-order chi connectivity index (χ1) is 10.1. The second-order valence-electron chi connectivity index (χ2n) is 8.48. The van der Waals surface area contributed by atoms with Crippen molar-refractivity contribution in [3.8, 4) is 0 Å². The summed E-state index contributed by atoms with van der Waals surface area (Å²) in [6, 6.07) is 0. The molecule has 3 nitrogen and oxygen atoms in total. The topological polar surface area (TPSA) is 43.4 Å². The zero-order chi connectivity index (χ0) is 16.3. The fourth-order valence-electron chi connectivity index (χ4n) is 4.62. The van der Waals surface area contributed by atoms with E-state index in [0.29, 0.717) is 12.3 Å². The van der Waals surface area contributed by atoms with E-state index in [4.69, 9.17) is 4.74 Å². The molecule has 3 aliphatic rings. The number of rotatable bonds is 1. The van der Waals surface area contributed by atoms with Crippen LogP contribution in [-0.4, -0.2) is 17.9 Å². The Morgan fingerprint density at radius 3 is 2.59 bits per heavy atom. The molecule has 0 spiro atoms. The Balaban J connectivity index is 2.08. The van der Waals surface area contributed by atoms with Crippen LogP contribution in [0, 0.1) is 22.2 Å². The van der Waals surface area contributed by atoms with Gasteiger partial charge in [-0.1, -0.05) is 26.8 Å². The van der Waals surface area contributed by atoms with Gasteiger partial charge in [-0.2, -0.15) is 0 Å². The van der Waals surface area contributed by atoms with Gasteiger partial charge in [0, 0.05) is 28.7 Å². The number of allylic oxidation sites excluding steroid dienone is 1. The van der Waals surface area contributed by atoms with Gasteiger partial charge in [-0.3, -0.25) is 4.79 Å². The zero-order valence-electron chi connectivity index (χ0n) is 14.1. The van der Waals surface area contributed by atoms with Crippen LogP contribution < -0.4 is 0 Å². The van der Waals surface area contributed by atoms with Crippen LogP contribution in [0.1, 0.15) is 53.4 Å². The minimum absolute atomic E-state index is 0.0774. The van der Waals surface area contributed by atoms with Crippen molar-refractivity contribution in [2.24, 2.45) is 22.2 Å². The zero-order valence-corrected chi connectivity index (χ0v) is 14.1. The lowest BCUT2D eigenvalue weighted by atomic mass is 9.55. The van der Waals surface area contributed by atoms with Crippen LogP contribution >= 0.6 is 0 Å². The summed E-state index contributed by atoms with van der Waals surface area (Å²) >= 11 is 0. The predicted molar refractivity (Wildman–Crippen MR) is 85.1 cm³/mol. The molecule has 3 heteroatoms. The van der Waals surface area contributed by atoms with Crippen molar-refractivity contribution in [2.45, 2.75) is 59.5 Å². The third kappa shape index (κ3) is 2.01. The fraction of sp³-hybridized carbons (Fsp3) is 0.684. The molecule has 0 N–H and O–H groups in total. The van der Waals surface area contributed by atoms with E-state index in [1.54, 1.807) is 6.08 Å². The van der Waals surface area contributed by atoms with E-state index >= 15 is 0 Å². The Hall–Kier alpha value is -1.38. The van der Waals surface area contributed by atoms with Crippen molar-refractivity contribution in [3.63, 3.8) is 0 Å². The average molecular weight is 302 g/mol. The molecule has 0 radical (unpaired) electrons. The highest BCUT2D eigenvalue weighted by Gasteiger charge is 2.57. The van der Waals surface area contributed by atoms with Crippen LogP contribution in [-0.2, 0) is 14.3 Å². The lowest BCUT2D eigenvalue weighted by Gasteiger charge is -2.47. The SMILES string of the molecule is C=CC1(C)CC2CCC(C)(C)C3OC(=O)C=C3C2(C)CC1=O. The van der Waals surface area contributed by atoms with Gasteiger partial charge < -0.3 is 4.74 Å². The molecule has 120 valence electrons. The average Bonchev–Trinajstić information content (AvgIpc) is 2.82. The van der Waals surface area contributed by atoms with E-state index in [1.165, 1.54) is 0 Å². The molecule has 0 aromatic heterocycles. The Labute approximate surface area is 132 Å². The lowest BCUT2D eigenvalue weighted by molar-refractivity contribution is -0.143. The molecular formula is C19H26O3. The highest BCUT2D eigenvalue weighted by atomic mass is 16.5. The summed E-state index contributed by atoms with van der Waals surface area (Å²) in [4.78, 5) is 24.6. The van der Waals surface area contributed by atoms with Crippen LogP contribution in [0.15, 0.2) is 24.3 Å². The molecule has 1 heterocycles. The summed E-state index contributed by atoms with van der Waals surface area (Å²) in [6.07, 6.45) is 6.66.